The molecule has 1 heterocycles. The van der Waals surface area contributed by atoms with Crippen molar-refractivity contribution in [1.82, 2.24) is 4.90 Å². The maximum absolute atomic E-state index is 12.9. The Balaban J connectivity index is 1.54. The molecule has 0 amide bonds. The predicted octanol–water partition coefficient (Wildman–Crippen LogP) is 3.33. The quantitative estimate of drug-likeness (QED) is 0.929. The molecule has 23 heavy (non-hydrogen) atoms. The minimum absolute atomic E-state index is 0.281. The first kappa shape index (κ1) is 16.2. The highest BCUT2D eigenvalue weighted by Gasteiger charge is 2.20. The molecule has 0 bridgehead atoms. The summed E-state index contributed by atoms with van der Waals surface area (Å²) < 4.78 is 12.9. The van der Waals surface area contributed by atoms with Crippen LogP contribution >= 0.6 is 11.6 Å². The van der Waals surface area contributed by atoms with Gasteiger partial charge < -0.3 is 10.0 Å². The number of anilines is 1. The van der Waals surface area contributed by atoms with E-state index in [4.69, 9.17) is 11.6 Å². The van der Waals surface area contributed by atoms with E-state index in [0.717, 1.165) is 42.5 Å². The topological polar surface area (TPSA) is 26.7 Å². The Morgan fingerprint density at radius 1 is 1.04 bits per heavy atom. The maximum Gasteiger partial charge on any atom is 0.123 e. The number of halogens is 2. The molecule has 0 unspecified atom stereocenters. The lowest BCUT2D eigenvalue weighted by atomic mass is 10.1. The Labute approximate surface area is 140 Å². The van der Waals surface area contributed by atoms with Gasteiger partial charge in [-0.05, 0) is 35.9 Å². The van der Waals surface area contributed by atoms with Gasteiger partial charge in [-0.3, -0.25) is 4.90 Å². The second kappa shape index (κ2) is 7.30. The van der Waals surface area contributed by atoms with Crippen molar-refractivity contribution in [2.24, 2.45) is 0 Å². The largest absolute Gasteiger partial charge is 0.387 e. The van der Waals surface area contributed by atoms with Gasteiger partial charge in [0.1, 0.15) is 5.82 Å². The fraction of sp³-hybridized carbons (Fsp3) is 0.333. The molecule has 0 saturated carbocycles. The molecule has 1 atom stereocenters. The zero-order valence-electron chi connectivity index (χ0n) is 12.8. The van der Waals surface area contributed by atoms with Crippen LogP contribution in [0.2, 0.25) is 5.02 Å². The normalized spacial score (nSPS) is 17.3. The van der Waals surface area contributed by atoms with Crippen LogP contribution in [0.15, 0.2) is 48.5 Å². The number of aliphatic hydroxyl groups excluding tert-OH is 1. The third-order valence-corrected chi connectivity index (χ3v) is 4.47. The van der Waals surface area contributed by atoms with Gasteiger partial charge in [0.05, 0.1) is 6.10 Å². The van der Waals surface area contributed by atoms with Gasteiger partial charge in [0, 0.05) is 43.4 Å². The van der Waals surface area contributed by atoms with Crippen LogP contribution in [0.3, 0.4) is 0 Å². The number of benzene rings is 2. The summed E-state index contributed by atoms with van der Waals surface area (Å²) in [5.74, 6) is -0.281. The second-order valence-electron chi connectivity index (χ2n) is 5.83. The predicted molar refractivity (Wildman–Crippen MR) is 91.5 cm³/mol. The Morgan fingerprint density at radius 3 is 2.39 bits per heavy atom. The molecule has 122 valence electrons. The fourth-order valence-electron chi connectivity index (χ4n) is 2.90. The Morgan fingerprint density at radius 2 is 1.74 bits per heavy atom. The smallest absolute Gasteiger partial charge is 0.123 e. The van der Waals surface area contributed by atoms with E-state index < -0.39 is 6.10 Å². The number of piperazine rings is 1. The number of hydrogen-bond donors (Lipinski definition) is 1. The first-order valence-corrected chi connectivity index (χ1v) is 8.16. The second-order valence-corrected chi connectivity index (χ2v) is 6.27. The highest BCUT2D eigenvalue weighted by molar-refractivity contribution is 6.30. The zero-order valence-corrected chi connectivity index (χ0v) is 13.6. The number of aliphatic hydroxyl groups is 1. The molecule has 1 fully saturated rings. The van der Waals surface area contributed by atoms with Gasteiger partial charge in [0.15, 0.2) is 0 Å². The van der Waals surface area contributed by atoms with E-state index >= 15 is 0 Å². The van der Waals surface area contributed by atoms with E-state index in [2.05, 4.69) is 15.9 Å². The lowest BCUT2D eigenvalue weighted by Gasteiger charge is -2.37. The van der Waals surface area contributed by atoms with Crippen molar-refractivity contribution in [2.75, 3.05) is 37.6 Å². The van der Waals surface area contributed by atoms with E-state index in [1.165, 1.54) is 12.1 Å². The van der Waals surface area contributed by atoms with Crippen molar-refractivity contribution in [3.63, 3.8) is 0 Å². The standard InChI is InChI=1S/C18H20ClFN2O/c19-15-2-1-3-17(12-15)22-10-8-21(9-11-22)13-18(23)14-4-6-16(20)7-5-14/h1-7,12,18,23H,8-11,13H2/t18-/m1/s1. The molecule has 1 aliphatic rings. The number of hydrogen-bond acceptors (Lipinski definition) is 3. The molecule has 0 spiro atoms. The number of β-amino-alcohol motifs (C(OH)–C–C–N with tert-alkyl or cyclic N) is 1. The summed E-state index contributed by atoms with van der Waals surface area (Å²) in [5.41, 5.74) is 1.89. The summed E-state index contributed by atoms with van der Waals surface area (Å²) in [4.78, 5) is 4.53. The van der Waals surface area contributed by atoms with Crippen LogP contribution in [0.25, 0.3) is 0 Å². The lowest BCUT2D eigenvalue weighted by Crippen LogP contribution is -2.47. The first-order chi connectivity index (χ1) is 11.1. The third-order valence-electron chi connectivity index (χ3n) is 4.23. The average molecular weight is 335 g/mol. The van der Waals surface area contributed by atoms with E-state index in [9.17, 15) is 9.50 Å². The van der Waals surface area contributed by atoms with E-state index in [-0.39, 0.29) is 5.82 Å². The van der Waals surface area contributed by atoms with E-state index in [0.29, 0.717) is 6.54 Å². The lowest BCUT2D eigenvalue weighted by molar-refractivity contribution is 0.109. The van der Waals surface area contributed by atoms with Crippen molar-refractivity contribution >= 4 is 17.3 Å². The van der Waals surface area contributed by atoms with Crippen molar-refractivity contribution < 1.29 is 9.50 Å². The van der Waals surface area contributed by atoms with Crippen molar-refractivity contribution in [1.29, 1.82) is 0 Å². The van der Waals surface area contributed by atoms with Crippen LogP contribution in [-0.4, -0.2) is 42.7 Å². The van der Waals surface area contributed by atoms with Crippen LogP contribution in [-0.2, 0) is 0 Å². The third kappa shape index (κ3) is 4.22. The highest BCUT2D eigenvalue weighted by Crippen LogP contribution is 2.22. The number of nitrogens with zero attached hydrogens (tertiary/aromatic N) is 2. The molecule has 3 nitrogen and oxygen atoms in total. The number of rotatable bonds is 4. The minimum Gasteiger partial charge on any atom is -0.387 e. The van der Waals surface area contributed by atoms with Crippen molar-refractivity contribution in [3.05, 3.63) is 64.9 Å². The summed E-state index contributed by atoms with van der Waals surface area (Å²) in [5, 5.41) is 11.0. The summed E-state index contributed by atoms with van der Waals surface area (Å²) in [7, 11) is 0. The molecular weight excluding hydrogens is 315 g/mol. The van der Waals surface area contributed by atoms with Gasteiger partial charge in [0.25, 0.3) is 0 Å². The van der Waals surface area contributed by atoms with Gasteiger partial charge in [0.2, 0.25) is 0 Å². The Kier molecular flexibility index (Phi) is 5.16. The molecule has 0 radical (unpaired) electrons. The zero-order chi connectivity index (χ0) is 16.2. The van der Waals surface area contributed by atoms with Crippen LogP contribution in [0.4, 0.5) is 10.1 Å². The maximum atomic E-state index is 12.9. The van der Waals surface area contributed by atoms with Crippen molar-refractivity contribution in [3.8, 4) is 0 Å². The summed E-state index contributed by atoms with van der Waals surface area (Å²) in [6.45, 7) is 4.12. The molecule has 1 N–H and O–H groups in total. The molecular formula is C18H20ClFN2O. The Bertz CT molecular complexity index is 642. The Hall–Kier alpha value is -1.62. The van der Waals surface area contributed by atoms with Crippen LogP contribution in [0.5, 0.6) is 0 Å². The molecule has 2 aromatic rings. The SMILES string of the molecule is O[C@H](CN1CCN(c2cccc(Cl)c2)CC1)c1ccc(F)cc1. The van der Waals surface area contributed by atoms with Gasteiger partial charge >= 0.3 is 0 Å². The van der Waals surface area contributed by atoms with E-state index in [1.54, 1.807) is 12.1 Å². The first-order valence-electron chi connectivity index (χ1n) is 7.78. The van der Waals surface area contributed by atoms with Crippen LogP contribution in [0.1, 0.15) is 11.7 Å². The van der Waals surface area contributed by atoms with E-state index in [1.807, 2.05) is 18.2 Å². The minimum atomic E-state index is -0.590. The van der Waals surface area contributed by atoms with Gasteiger partial charge in [-0.15, -0.1) is 0 Å². The van der Waals surface area contributed by atoms with Gasteiger partial charge in [-0.2, -0.15) is 0 Å². The molecule has 0 aromatic heterocycles. The molecule has 2 aromatic carbocycles. The molecule has 5 heteroatoms. The summed E-state index contributed by atoms with van der Waals surface area (Å²) in [6, 6.07) is 13.9. The average Bonchev–Trinajstić information content (AvgIpc) is 2.56. The molecule has 1 aliphatic heterocycles. The fourth-order valence-corrected chi connectivity index (χ4v) is 3.08. The summed E-state index contributed by atoms with van der Waals surface area (Å²) >= 11 is 6.04. The molecule has 0 aliphatic carbocycles. The molecule has 1 saturated heterocycles. The van der Waals surface area contributed by atoms with Gasteiger partial charge in [-0.25, -0.2) is 4.39 Å². The van der Waals surface area contributed by atoms with Crippen molar-refractivity contribution in [2.45, 2.75) is 6.10 Å². The highest BCUT2D eigenvalue weighted by atomic mass is 35.5. The van der Waals surface area contributed by atoms with Gasteiger partial charge in [-0.1, -0.05) is 29.8 Å². The van der Waals surface area contributed by atoms with Crippen LogP contribution in [0, 0.1) is 5.82 Å². The van der Waals surface area contributed by atoms with Crippen LogP contribution < -0.4 is 4.90 Å². The monoisotopic (exact) mass is 334 g/mol. The summed E-state index contributed by atoms with van der Waals surface area (Å²) in [6.07, 6.45) is -0.590. The molecule has 3 rings (SSSR count).